The molecule has 0 atom stereocenters. The topological polar surface area (TPSA) is 0 Å². The van der Waals surface area contributed by atoms with Crippen LogP contribution in [0.2, 0.25) is 9.26 Å². The van der Waals surface area contributed by atoms with E-state index in [1.54, 1.807) is 6.54 Å². The number of hydrogen-bond donors (Lipinski definition) is 0. The van der Waals surface area contributed by atoms with Crippen LogP contribution in [0, 0.1) is 0 Å². The Bertz CT molecular complexity index is 1310. The molecule has 0 fully saturated rings. The summed E-state index contributed by atoms with van der Waals surface area (Å²) in [4.78, 5) is 0. The molecule has 4 aromatic carbocycles. The fourth-order valence-electron chi connectivity index (χ4n) is 5.96. The molecule has 0 bridgehead atoms. The molecule has 4 aromatic rings. The predicted molar refractivity (Wildman–Crippen MR) is 127 cm³/mol. The second kappa shape index (κ2) is 6.08. The first kappa shape index (κ1) is 18.4. The van der Waals surface area contributed by atoms with Gasteiger partial charge in [0.05, 0.1) is 0 Å². The molecule has 0 heterocycles. The van der Waals surface area contributed by atoms with Gasteiger partial charge in [-0.15, -0.1) is 0 Å². The summed E-state index contributed by atoms with van der Waals surface area (Å²) in [5.74, 6) is 0. The van der Waals surface area contributed by atoms with Gasteiger partial charge < -0.3 is 0 Å². The number of hydrogen-bond acceptors (Lipinski definition) is 0. The van der Waals surface area contributed by atoms with Crippen molar-refractivity contribution in [3.63, 3.8) is 0 Å². The van der Waals surface area contributed by atoms with E-state index in [9.17, 15) is 0 Å². The van der Waals surface area contributed by atoms with Crippen LogP contribution in [0.25, 0.3) is 22.3 Å². The molecule has 30 heavy (non-hydrogen) atoms. The molecular weight excluding hydrogens is 440 g/mol. The van der Waals surface area contributed by atoms with E-state index in [2.05, 4.69) is 94.2 Å². The van der Waals surface area contributed by atoms with E-state index >= 15 is 0 Å². The molecule has 0 aliphatic heterocycles. The van der Waals surface area contributed by atoms with E-state index < -0.39 is 18.3 Å². The Kier molecular flexibility index (Phi) is 3.73. The Morgan fingerprint density at radius 3 is 1.40 bits per heavy atom. The summed E-state index contributed by atoms with van der Waals surface area (Å²) in [6.07, 6.45) is 2.08. The molecule has 1 heteroatoms. The van der Waals surface area contributed by atoms with Gasteiger partial charge in [-0.3, -0.25) is 0 Å². The van der Waals surface area contributed by atoms with E-state index in [1.165, 1.54) is 44.5 Å². The molecule has 146 valence electrons. The Morgan fingerprint density at radius 2 is 0.933 bits per heavy atom. The first-order chi connectivity index (χ1) is 14.4. The van der Waals surface area contributed by atoms with Crippen LogP contribution >= 0.6 is 0 Å². The van der Waals surface area contributed by atoms with Crippen molar-refractivity contribution in [2.45, 2.75) is 22.1 Å². The zero-order valence-electron chi connectivity index (χ0n) is 17.7. The minimum absolute atomic E-state index is 1.04. The normalized spacial score (nSPS) is 14.1. The monoisotopic (exact) mass is 464 g/mol. The molecule has 0 unspecified atom stereocenters. The third-order valence-electron chi connectivity index (χ3n) is 7.43. The maximum atomic E-state index is 5.13. The van der Waals surface area contributed by atoms with E-state index in [0.29, 0.717) is 0 Å². The van der Waals surface area contributed by atoms with Crippen LogP contribution < -0.4 is 6.54 Å². The van der Waals surface area contributed by atoms with Crippen molar-refractivity contribution < 1.29 is 18.3 Å². The molecule has 0 amide bonds. The van der Waals surface area contributed by atoms with Gasteiger partial charge in [0, 0.05) is 0 Å². The van der Waals surface area contributed by atoms with Crippen LogP contribution in [-0.4, -0.2) is 4.21 Å². The molecule has 2 aliphatic carbocycles. The third-order valence-corrected chi connectivity index (χ3v) is 18.2. The van der Waals surface area contributed by atoms with Crippen LogP contribution in [-0.2, 0) is 31.1 Å². The summed E-state index contributed by atoms with van der Waals surface area (Å²) in [7, 11) is 0. The number of fused-ring (bicyclic) bond motifs is 6. The summed E-state index contributed by atoms with van der Waals surface area (Å²) in [5, 5.41) is 0. The fraction of sp³-hybridized carbons (Fsp3) is 0.138. The Morgan fingerprint density at radius 1 is 0.533 bits per heavy atom. The van der Waals surface area contributed by atoms with Crippen LogP contribution in [0.4, 0.5) is 0 Å². The Labute approximate surface area is 179 Å². The summed E-state index contributed by atoms with van der Waals surface area (Å²) in [5.41, 5.74) is 11.6. The van der Waals surface area contributed by atoms with Crippen LogP contribution in [0.5, 0.6) is 0 Å². The minimum atomic E-state index is -3.71. The zero-order valence-corrected chi connectivity index (χ0v) is 20.2. The van der Waals surface area contributed by atoms with Crippen LogP contribution in [0.1, 0.15) is 22.3 Å². The van der Waals surface area contributed by atoms with Gasteiger partial charge in [-0.1, -0.05) is 0 Å². The second-order valence-corrected chi connectivity index (χ2v) is 25.9. The van der Waals surface area contributed by atoms with Crippen molar-refractivity contribution in [1.82, 2.24) is 0 Å². The molecule has 6 rings (SSSR count). The van der Waals surface area contributed by atoms with Gasteiger partial charge in [0.15, 0.2) is 0 Å². The summed E-state index contributed by atoms with van der Waals surface area (Å²) in [6, 6.07) is 31.7. The number of rotatable bonds is 2. The molecule has 0 N–H and O–H groups in total. The van der Waals surface area contributed by atoms with E-state index in [-0.39, 0.29) is 0 Å². The SMILES string of the molecule is [CH2]=[Zr]([CH3])([CH3])([c]1cccc2c1Cc1ccccc1-2)[c]1cccc2c1Cc1ccccc1-2. The average Bonchev–Trinajstić information content (AvgIpc) is 3.31. The van der Waals surface area contributed by atoms with Crippen LogP contribution in [0.15, 0.2) is 84.9 Å². The molecule has 2 aliphatic rings. The van der Waals surface area contributed by atoms with E-state index in [0.717, 1.165) is 12.8 Å². The van der Waals surface area contributed by atoms with Gasteiger partial charge in [0.25, 0.3) is 0 Å². The zero-order chi connectivity index (χ0) is 20.5. The second-order valence-electron chi connectivity index (χ2n) is 10.0. The molecule has 0 spiro atoms. The summed E-state index contributed by atoms with van der Waals surface area (Å²) in [6.45, 7) is 0. The van der Waals surface area contributed by atoms with Crippen molar-refractivity contribution in [1.29, 1.82) is 0 Å². The molecule has 0 saturated heterocycles. The van der Waals surface area contributed by atoms with Crippen molar-refractivity contribution >= 4 is 10.8 Å². The Balaban J connectivity index is 1.59. The van der Waals surface area contributed by atoms with Gasteiger partial charge in [0.2, 0.25) is 0 Å². The summed E-state index contributed by atoms with van der Waals surface area (Å²) < 4.78 is 13.3. The van der Waals surface area contributed by atoms with Gasteiger partial charge >= 0.3 is 181 Å². The predicted octanol–water partition coefficient (Wildman–Crippen LogP) is 6.00. The van der Waals surface area contributed by atoms with Gasteiger partial charge in [-0.2, -0.15) is 0 Å². The van der Waals surface area contributed by atoms with Gasteiger partial charge in [-0.25, -0.2) is 0 Å². The van der Waals surface area contributed by atoms with E-state index in [1.807, 2.05) is 0 Å². The fourth-order valence-corrected chi connectivity index (χ4v) is 15.6. The number of benzene rings is 4. The third kappa shape index (κ3) is 2.45. The van der Waals surface area contributed by atoms with Gasteiger partial charge in [-0.05, 0) is 0 Å². The van der Waals surface area contributed by atoms with Crippen LogP contribution in [0.3, 0.4) is 0 Å². The molecule has 0 saturated carbocycles. The van der Waals surface area contributed by atoms with Crippen molar-refractivity contribution in [2.75, 3.05) is 0 Å². The quantitative estimate of drug-likeness (QED) is 0.294. The summed E-state index contributed by atoms with van der Waals surface area (Å²) >= 11 is -3.71. The van der Waals surface area contributed by atoms with E-state index in [4.69, 9.17) is 4.21 Å². The standard InChI is InChI=1S/2C13H9.2CH3.CH2.Zr/c2*1-3-7-12-10(5-1)9-11-6-2-4-8-13(11)12;;;;/h2*1-5,7-8H,9H2;2*1H3;1H2;. The van der Waals surface area contributed by atoms with Crippen molar-refractivity contribution in [2.24, 2.45) is 0 Å². The first-order valence-electron chi connectivity index (χ1n) is 10.9. The average molecular weight is 466 g/mol. The maximum absolute atomic E-state index is 5.13. The first-order valence-corrected chi connectivity index (χ1v) is 20.0. The molecule has 0 aromatic heterocycles. The molecular formula is C29H26Zr. The molecule has 0 nitrogen and oxygen atoms in total. The van der Waals surface area contributed by atoms with Gasteiger partial charge in [0.1, 0.15) is 0 Å². The van der Waals surface area contributed by atoms with Crippen molar-refractivity contribution in [3.8, 4) is 22.3 Å². The van der Waals surface area contributed by atoms with Crippen molar-refractivity contribution in [3.05, 3.63) is 107 Å². The molecule has 0 radical (unpaired) electrons. The Hall–Kier alpha value is -2.37.